The molecule has 112 valence electrons. The molecule has 1 heterocycles. The summed E-state index contributed by atoms with van der Waals surface area (Å²) < 4.78 is 0. The van der Waals surface area contributed by atoms with Crippen LogP contribution in [0.15, 0.2) is 18.2 Å². The molecular formula is C14H18N4O3. The lowest BCUT2D eigenvalue weighted by atomic mass is 10.1. The SMILES string of the molecule is CC1C(=O)NC(=O)CN1C(=O)c1ccc(N(C)C)c(N)c1. The van der Waals surface area contributed by atoms with E-state index in [-0.39, 0.29) is 12.5 Å². The highest BCUT2D eigenvalue weighted by Gasteiger charge is 2.34. The van der Waals surface area contributed by atoms with Crippen molar-refractivity contribution in [1.82, 2.24) is 10.2 Å². The number of amides is 3. The molecule has 1 atom stereocenters. The number of benzene rings is 1. The third-order valence-electron chi connectivity index (χ3n) is 3.44. The van der Waals surface area contributed by atoms with Crippen LogP contribution in [0, 0.1) is 0 Å². The molecule has 1 unspecified atom stereocenters. The fourth-order valence-corrected chi connectivity index (χ4v) is 2.22. The molecule has 0 radical (unpaired) electrons. The van der Waals surface area contributed by atoms with Gasteiger partial charge in [0.15, 0.2) is 0 Å². The second kappa shape index (κ2) is 5.43. The van der Waals surface area contributed by atoms with Crippen LogP contribution in [0.4, 0.5) is 11.4 Å². The lowest BCUT2D eigenvalue weighted by molar-refractivity contribution is -0.138. The number of carbonyl (C=O) groups excluding carboxylic acids is 3. The van der Waals surface area contributed by atoms with Gasteiger partial charge >= 0.3 is 0 Å². The van der Waals surface area contributed by atoms with Gasteiger partial charge in [-0.3, -0.25) is 19.7 Å². The predicted molar refractivity (Wildman–Crippen MR) is 78.8 cm³/mol. The summed E-state index contributed by atoms with van der Waals surface area (Å²) in [6, 6.07) is 4.24. The normalized spacial score (nSPS) is 18.4. The quantitative estimate of drug-likeness (QED) is 0.582. The second-order valence-electron chi connectivity index (χ2n) is 5.19. The highest BCUT2D eigenvalue weighted by molar-refractivity contribution is 6.07. The van der Waals surface area contributed by atoms with Gasteiger partial charge in [0, 0.05) is 19.7 Å². The molecule has 2 rings (SSSR count). The van der Waals surface area contributed by atoms with Gasteiger partial charge in [0.25, 0.3) is 5.91 Å². The molecule has 0 saturated carbocycles. The minimum Gasteiger partial charge on any atom is -0.397 e. The van der Waals surface area contributed by atoms with Crippen LogP contribution >= 0.6 is 0 Å². The van der Waals surface area contributed by atoms with Gasteiger partial charge in [-0.25, -0.2) is 0 Å². The minimum atomic E-state index is -0.690. The van der Waals surface area contributed by atoms with Crippen LogP contribution in [-0.2, 0) is 9.59 Å². The van der Waals surface area contributed by atoms with E-state index in [1.54, 1.807) is 25.1 Å². The maximum absolute atomic E-state index is 12.5. The molecule has 0 bridgehead atoms. The zero-order valence-corrected chi connectivity index (χ0v) is 12.2. The van der Waals surface area contributed by atoms with Crippen molar-refractivity contribution in [1.29, 1.82) is 0 Å². The van der Waals surface area contributed by atoms with E-state index in [0.29, 0.717) is 11.3 Å². The van der Waals surface area contributed by atoms with Crippen LogP contribution in [0.25, 0.3) is 0 Å². The van der Waals surface area contributed by atoms with Gasteiger partial charge in [0.1, 0.15) is 12.6 Å². The van der Waals surface area contributed by atoms with Gasteiger partial charge in [-0.1, -0.05) is 0 Å². The molecule has 0 aromatic heterocycles. The standard InChI is InChI=1S/C14H18N4O3/c1-8-13(20)16-12(19)7-18(8)14(21)9-4-5-11(17(2)3)10(15)6-9/h4-6,8H,7,15H2,1-3H3,(H,16,19,20). The number of nitrogens with zero attached hydrogens (tertiary/aromatic N) is 2. The second-order valence-corrected chi connectivity index (χ2v) is 5.19. The summed E-state index contributed by atoms with van der Waals surface area (Å²) in [5, 5.41) is 2.20. The molecular weight excluding hydrogens is 272 g/mol. The summed E-state index contributed by atoms with van der Waals surface area (Å²) in [6.45, 7) is 1.44. The molecule has 1 fully saturated rings. The smallest absolute Gasteiger partial charge is 0.255 e. The number of nitrogen functional groups attached to an aromatic ring is 1. The van der Waals surface area contributed by atoms with Gasteiger partial charge in [-0.15, -0.1) is 0 Å². The molecule has 3 N–H and O–H groups in total. The number of anilines is 2. The molecule has 3 amide bonds. The monoisotopic (exact) mass is 290 g/mol. The number of nitrogens with one attached hydrogen (secondary N) is 1. The van der Waals surface area contributed by atoms with Crippen molar-refractivity contribution in [3.63, 3.8) is 0 Å². The van der Waals surface area contributed by atoms with Crippen molar-refractivity contribution in [3.8, 4) is 0 Å². The van der Waals surface area contributed by atoms with E-state index in [0.717, 1.165) is 5.69 Å². The fourth-order valence-electron chi connectivity index (χ4n) is 2.22. The molecule has 7 nitrogen and oxygen atoms in total. The molecule has 1 aliphatic heterocycles. The van der Waals surface area contributed by atoms with E-state index < -0.39 is 17.9 Å². The Morgan fingerprint density at radius 2 is 2.05 bits per heavy atom. The van der Waals surface area contributed by atoms with Gasteiger partial charge in [0.05, 0.1) is 11.4 Å². The largest absolute Gasteiger partial charge is 0.397 e. The fraction of sp³-hybridized carbons (Fsp3) is 0.357. The molecule has 0 aliphatic carbocycles. The summed E-state index contributed by atoms with van der Waals surface area (Å²) in [5.41, 5.74) is 7.54. The predicted octanol–water partition coefficient (Wildman–Crippen LogP) is -0.178. The van der Waals surface area contributed by atoms with Gasteiger partial charge in [-0.2, -0.15) is 0 Å². The maximum atomic E-state index is 12.5. The van der Waals surface area contributed by atoms with E-state index in [1.165, 1.54) is 4.90 Å². The lowest BCUT2D eigenvalue weighted by Gasteiger charge is -2.31. The van der Waals surface area contributed by atoms with Crippen LogP contribution < -0.4 is 16.0 Å². The number of carbonyl (C=O) groups is 3. The summed E-state index contributed by atoms with van der Waals surface area (Å²) in [4.78, 5) is 38.6. The lowest BCUT2D eigenvalue weighted by Crippen LogP contribution is -2.58. The molecule has 7 heteroatoms. The first-order valence-corrected chi connectivity index (χ1v) is 6.52. The molecule has 1 aromatic rings. The Kier molecular flexibility index (Phi) is 3.84. The van der Waals surface area contributed by atoms with Crippen molar-refractivity contribution in [3.05, 3.63) is 23.8 Å². The first-order chi connectivity index (χ1) is 9.81. The van der Waals surface area contributed by atoms with Crippen LogP contribution in [0.1, 0.15) is 17.3 Å². The average molecular weight is 290 g/mol. The number of hydrogen-bond acceptors (Lipinski definition) is 5. The Morgan fingerprint density at radius 1 is 1.38 bits per heavy atom. The molecule has 1 saturated heterocycles. The van der Waals surface area contributed by atoms with E-state index in [9.17, 15) is 14.4 Å². The van der Waals surface area contributed by atoms with E-state index >= 15 is 0 Å². The number of rotatable bonds is 2. The highest BCUT2D eigenvalue weighted by Crippen LogP contribution is 2.23. The summed E-state index contributed by atoms with van der Waals surface area (Å²) >= 11 is 0. The Labute approximate surface area is 122 Å². The number of nitrogens with two attached hydrogens (primary N) is 1. The van der Waals surface area contributed by atoms with Crippen LogP contribution in [0.2, 0.25) is 0 Å². The van der Waals surface area contributed by atoms with Crippen molar-refractivity contribution in [2.75, 3.05) is 31.3 Å². The van der Waals surface area contributed by atoms with Gasteiger partial charge < -0.3 is 15.5 Å². The van der Waals surface area contributed by atoms with Crippen molar-refractivity contribution < 1.29 is 14.4 Å². The minimum absolute atomic E-state index is 0.138. The zero-order chi connectivity index (χ0) is 15.7. The van der Waals surface area contributed by atoms with E-state index in [4.69, 9.17) is 5.73 Å². The van der Waals surface area contributed by atoms with Crippen LogP contribution in [0.5, 0.6) is 0 Å². The van der Waals surface area contributed by atoms with Crippen LogP contribution in [0.3, 0.4) is 0 Å². The van der Waals surface area contributed by atoms with Crippen molar-refractivity contribution >= 4 is 29.1 Å². The van der Waals surface area contributed by atoms with Crippen molar-refractivity contribution in [2.45, 2.75) is 13.0 Å². The third kappa shape index (κ3) is 2.81. The van der Waals surface area contributed by atoms with Gasteiger partial charge in [0.2, 0.25) is 11.8 Å². The van der Waals surface area contributed by atoms with Crippen molar-refractivity contribution in [2.24, 2.45) is 0 Å². The molecule has 0 spiro atoms. The molecule has 1 aromatic carbocycles. The third-order valence-corrected chi connectivity index (χ3v) is 3.44. The Balaban J connectivity index is 2.29. The first-order valence-electron chi connectivity index (χ1n) is 6.52. The number of piperazine rings is 1. The summed E-state index contributed by atoms with van der Waals surface area (Å²) in [7, 11) is 3.70. The van der Waals surface area contributed by atoms with Crippen LogP contribution in [-0.4, -0.2) is 49.3 Å². The number of hydrogen-bond donors (Lipinski definition) is 2. The highest BCUT2D eigenvalue weighted by atomic mass is 16.2. The van der Waals surface area contributed by atoms with Gasteiger partial charge in [-0.05, 0) is 25.1 Å². The van der Waals surface area contributed by atoms with E-state index in [1.807, 2.05) is 19.0 Å². The Hall–Kier alpha value is -2.57. The summed E-state index contributed by atoms with van der Waals surface area (Å²) in [5.74, 6) is -1.34. The zero-order valence-electron chi connectivity index (χ0n) is 12.2. The first kappa shape index (κ1) is 14.8. The maximum Gasteiger partial charge on any atom is 0.255 e. The topological polar surface area (TPSA) is 95.7 Å². The summed E-state index contributed by atoms with van der Waals surface area (Å²) in [6.07, 6.45) is 0. The average Bonchev–Trinajstić information content (AvgIpc) is 2.41. The Bertz CT molecular complexity index is 612. The molecule has 1 aliphatic rings. The van der Waals surface area contributed by atoms with E-state index in [2.05, 4.69) is 5.32 Å². The number of imide groups is 1. The Morgan fingerprint density at radius 3 is 2.62 bits per heavy atom. The molecule has 21 heavy (non-hydrogen) atoms.